The molecule has 0 spiro atoms. The average Bonchev–Trinajstić information content (AvgIpc) is 2.82. The molecule has 2 heterocycles. The van der Waals surface area contributed by atoms with Crippen LogP contribution in [0.3, 0.4) is 0 Å². The SMILES string of the molecule is Cc1cccc(C2COC(=O)N2C2CCNCC2)c1. The summed E-state index contributed by atoms with van der Waals surface area (Å²) in [6.45, 7) is 4.52. The number of aryl methyl sites for hydroxylation is 1. The highest BCUT2D eigenvalue weighted by Gasteiger charge is 2.39. The number of amides is 1. The number of rotatable bonds is 2. The van der Waals surface area contributed by atoms with Crippen LogP contribution < -0.4 is 5.32 Å². The fourth-order valence-electron chi connectivity index (χ4n) is 3.05. The Morgan fingerprint density at radius 1 is 1.32 bits per heavy atom. The number of cyclic esters (lactones) is 1. The standard InChI is InChI=1S/C15H20N2O2/c1-11-3-2-4-12(9-11)14-10-19-15(18)17(14)13-5-7-16-8-6-13/h2-4,9,13-14,16H,5-8,10H2,1H3. The molecule has 1 N–H and O–H groups in total. The number of hydrogen-bond acceptors (Lipinski definition) is 3. The zero-order chi connectivity index (χ0) is 13.2. The monoisotopic (exact) mass is 260 g/mol. The number of nitrogens with one attached hydrogen (secondary N) is 1. The minimum Gasteiger partial charge on any atom is -0.447 e. The molecule has 4 nitrogen and oxygen atoms in total. The van der Waals surface area contributed by atoms with Crippen LogP contribution in [0.5, 0.6) is 0 Å². The molecule has 0 aliphatic carbocycles. The highest BCUT2D eigenvalue weighted by atomic mass is 16.6. The van der Waals surface area contributed by atoms with Gasteiger partial charge in [0, 0.05) is 6.04 Å². The summed E-state index contributed by atoms with van der Waals surface area (Å²) in [4.78, 5) is 14.0. The molecular formula is C15H20N2O2. The lowest BCUT2D eigenvalue weighted by Crippen LogP contribution is -2.44. The van der Waals surface area contributed by atoms with Crippen molar-refractivity contribution in [3.8, 4) is 0 Å². The van der Waals surface area contributed by atoms with Crippen molar-refractivity contribution in [2.24, 2.45) is 0 Å². The number of hydrogen-bond donors (Lipinski definition) is 1. The molecule has 2 fully saturated rings. The van der Waals surface area contributed by atoms with E-state index in [1.807, 2.05) is 11.0 Å². The van der Waals surface area contributed by atoms with Gasteiger partial charge in [-0.1, -0.05) is 29.8 Å². The van der Waals surface area contributed by atoms with Gasteiger partial charge in [0.1, 0.15) is 6.61 Å². The fourth-order valence-corrected chi connectivity index (χ4v) is 3.05. The molecule has 0 aromatic heterocycles. The first-order chi connectivity index (χ1) is 9.25. The van der Waals surface area contributed by atoms with E-state index in [4.69, 9.17) is 4.74 Å². The third-order valence-electron chi connectivity index (χ3n) is 4.04. The van der Waals surface area contributed by atoms with Gasteiger partial charge >= 0.3 is 6.09 Å². The zero-order valence-electron chi connectivity index (χ0n) is 11.3. The molecule has 2 aliphatic rings. The van der Waals surface area contributed by atoms with Crippen LogP contribution in [-0.4, -0.2) is 36.7 Å². The predicted molar refractivity (Wildman–Crippen MR) is 73.0 cm³/mol. The van der Waals surface area contributed by atoms with Gasteiger partial charge in [-0.15, -0.1) is 0 Å². The van der Waals surface area contributed by atoms with Gasteiger partial charge in [-0.3, -0.25) is 4.90 Å². The molecule has 1 atom stereocenters. The topological polar surface area (TPSA) is 41.6 Å². The first kappa shape index (κ1) is 12.5. The van der Waals surface area contributed by atoms with E-state index in [1.165, 1.54) is 11.1 Å². The average molecular weight is 260 g/mol. The first-order valence-corrected chi connectivity index (χ1v) is 6.98. The summed E-state index contributed by atoms with van der Waals surface area (Å²) in [6, 6.07) is 8.76. The van der Waals surface area contributed by atoms with Crippen LogP contribution in [-0.2, 0) is 4.74 Å². The molecule has 0 saturated carbocycles. The van der Waals surface area contributed by atoms with Gasteiger partial charge in [-0.2, -0.15) is 0 Å². The molecule has 3 rings (SSSR count). The Bertz CT molecular complexity index is 469. The molecule has 4 heteroatoms. The van der Waals surface area contributed by atoms with E-state index >= 15 is 0 Å². The summed E-state index contributed by atoms with van der Waals surface area (Å²) in [5.41, 5.74) is 2.41. The van der Waals surface area contributed by atoms with Crippen LogP contribution >= 0.6 is 0 Å². The summed E-state index contributed by atoms with van der Waals surface area (Å²) < 4.78 is 5.29. The lowest BCUT2D eigenvalue weighted by Gasteiger charge is -2.33. The van der Waals surface area contributed by atoms with E-state index in [0.717, 1.165) is 25.9 Å². The third kappa shape index (κ3) is 2.45. The van der Waals surface area contributed by atoms with Crippen molar-refractivity contribution in [3.05, 3.63) is 35.4 Å². The predicted octanol–water partition coefficient (Wildman–Crippen LogP) is 2.24. The summed E-state index contributed by atoms with van der Waals surface area (Å²) >= 11 is 0. The molecule has 2 aliphatic heterocycles. The fraction of sp³-hybridized carbons (Fsp3) is 0.533. The van der Waals surface area contributed by atoms with E-state index < -0.39 is 0 Å². The second kappa shape index (κ2) is 5.21. The second-order valence-corrected chi connectivity index (χ2v) is 5.40. The Balaban J connectivity index is 1.85. The normalized spacial score (nSPS) is 24.6. The van der Waals surface area contributed by atoms with Crippen LogP contribution in [0.2, 0.25) is 0 Å². The Labute approximate surface area is 113 Å². The van der Waals surface area contributed by atoms with Crippen LogP contribution in [0.25, 0.3) is 0 Å². The molecular weight excluding hydrogens is 240 g/mol. The minimum atomic E-state index is -0.154. The van der Waals surface area contributed by atoms with Crippen LogP contribution in [0.4, 0.5) is 4.79 Å². The third-order valence-corrected chi connectivity index (χ3v) is 4.04. The van der Waals surface area contributed by atoms with Crippen LogP contribution in [0, 0.1) is 6.92 Å². The van der Waals surface area contributed by atoms with E-state index in [1.54, 1.807) is 0 Å². The first-order valence-electron chi connectivity index (χ1n) is 6.98. The molecule has 0 radical (unpaired) electrons. The van der Waals surface area contributed by atoms with Crippen molar-refractivity contribution in [2.45, 2.75) is 31.8 Å². The maximum absolute atomic E-state index is 12.0. The van der Waals surface area contributed by atoms with Gasteiger partial charge in [-0.05, 0) is 38.4 Å². The van der Waals surface area contributed by atoms with Crippen molar-refractivity contribution in [3.63, 3.8) is 0 Å². The molecule has 1 amide bonds. The number of piperidine rings is 1. The van der Waals surface area contributed by atoms with Crippen molar-refractivity contribution in [1.82, 2.24) is 10.2 Å². The van der Waals surface area contributed by atoms with Crippen molar-refractivity contribution < 1.29 is 9.53 Å². The lowest BCUT2D eigenvalue weighted by molar-refractivity contribution is 0.134. The van der Waals surface area contributed by atoms with E-state index in [2.05, 4.69) is 30.4 Å². The highest BCUT2D eigenvalue weighted by Crippen LogP contribution is 2.32. The van der Waals surface area contributed by atoms with Gasteiger partial charge in [-0.25, -0.2) is 4.79 Å². The summed E-state index contributed by atoms with van der Waals surface area (Å²) in [5, 5.41) is 3.34. The van der Waals surface area contributed by atoms with Crippen molar-refractivity contribution >= 4 is 6.09 Å². The Morgan fingerprint density at radius 3 is 2.84 bits per heavy atom. The summed E-state index contributed by atoms with van der Waals surface area (Å²) in [6.07, 6.45) is 1.87. The minimum absolute atomic E-state index is 0.0792. The van der Waals surface area contributed by atoms with E-state index in [-0.39, 0.29) is 12.1 Å². The Hall–Kier alpha value is -1.55. The molecule has 2 saturated heterocycles. The number of nitrogens with zero attached hydrogens (tertiary/aromatic N) is 1. The number of ether oxygens (including phenoxy) is 1. The number of carbonyl (C=O) groups excluding carboxylic acids is 1. The maximum Gasteiger partial charge on any atom is 0.410 e. The lowest BCUT2D eigenvalue weighted by atomic mass is 9.99. The van der Waals surface area contributed by atoms with Crippen molar-refractivity contribution in [1.29, 1.82) is 0 Å². The van der Waals surface area contributed by atoms with E-state index in [0.29, 0.717) is 12.6 Å². The maximum atomic E-state index is 12.0. The summed E-state index contributed by atoms with van der Waals surface area (Å²) in [7, 11) is 0. The molecule has 102 valence electrons. The van der Waals surface area contributed by atoms with Gasteiger partial charge in [0.05, 0.1) is 6.04 Å². The zero-order valence-corrected chi connectivity index (χ0v) is 11.3. The molecule has 1 aromatic rings. The number of benzene rings is 1. The second-order valence-electron chi connectivity index (χ2n) is 5.40. The molecule has 0 bridgehead atoms. The molecule has 1 aromatic carbocycles. The smallest absolute Gasteiger partial charge is 0.410 e. The van der Waals surface area contributed by atoms with Gasteiger partial charge in [0.15, 0.2) is 0 Å². The quantitative estimate of drug-likeness (QED) is 0.886. The van der Waals surface area contributed by atoms with Gasteiger partial charge < -0.3 is 10.1 Å². The van der Waals surface area contributed by atoms with Crippen molar-refractivity contribution in [2.75, 3.05) is 19.7 Å². The highest BCUT2D eigenvalue weighted by molar-refractivity contribution is 5.71. The Morgan fingerprint density at radius 2 is 2.11 bits per heavy atom. The van der Waals surface area contributed by atoms with Crippen LogP contribution in [0.1, 0.15) is 30.0 Å². The molecule has 1 unspecified atom stereocenters. The summed E-state index contributed by atoms with van der Waals surface area (Å²) in [5.74, 6) is 0. The Kier molecular flexibility index (Phi) is 3.42. The molecule has 19 heavy (non-hydrogen) atoms. The van der Waals surface area contributed by atoms with Gasteiger partial charge in [0.25, 0.3) is 0 Å². The van der Waals surface area contributed by atoms with E-state index in [9.17, 15) is 4.79 Å². The largest absolute Gasteiger partial charge is 0.447 e. The van der Waals surface area contributed by atoms with Crippen LogP contribution in [0.15, 0.2) is 24.3 Å². The van der Waals surface area contributed by atoms with Gasteiger partial charge in [0.2, 0.25) is 0 Å². The number of carbonyl (C=O) groups is 1.